The van der Waals surface area contributed by atoms with Gasteiger partial charge in [0.05, 0.1) is 11.1 Å². The molecule has 26 heavy (non-hydrogen) atoms. The van der Waals surface area contributed by atoms with E-state index in [4.69, 9.17) is 10.6 Å². The number of amides is 1. The number of nitrogens with one attached hydrogen (secondary N) is 2. The van der Waals surface area contributed by atoms with Gasteiger partial charge in [0, 0.05) is 63.9 Å². The summed E-state index contributed by atoms with van der Waals surface area (Å²) in [4.78, 5) is 37.8. The molecule has 4 rings (SSSR count). The summed E-state index contributed by atoms with van der Waals surface area (Å²) in [5, 5.41) is 13.0. The SMILES string of the molecule is O=C(O)c1c[nH]c2ccncc12.[N-]=[N+]=NC(=O)c1c[nH]c2ccncc12. The number of carbonyl (C=O) groups is 2. The predicted octanol–water partition coefficient (Wildman–Crippen LogP) is 3.27. The number of hydrogen-bond acceptors (Lipinski definition) is 4. The first-order chi connectivity index (χ1) is 12.6. The number of rotatable bonds is 2. The van der Waals surface area contributed by atoms with E-state index in [0.29, 0.717) is 16.3 Å². The number of pyridine rings is 2. The van der Waals surface area contributed by atoms with Crippen LogP contribution in [0.25, 0.3) is 32.2 Å². The van der Waals surface area contributed by atoms with Crippen LogP contribution < -0.4 is 0 Å². The van der Waals surface area contributed by atoms with E-state index in [0.717, 1.165) is 11.0 Å². The Morgan fingerprint density at radius 1 is 1.00 bits per heavy atom. The number of nitrogens with zero attached hydrogens (tertiary/aromatic N) is 5. The summed E-state index contributed by atoms with van der Waals surface area (Å²) in [5.74, 6) is -1.54. The Bertz CT molecular complexity index is 1150. The Balaban J connectivity index is 0.000000152. The molecule has 0 unspecified atom stereocenters. The molecule has 4 heterocycles. The lowest BCUT2D eigenvalue weighted by Gasteiger charge is -1.89. The molecule has 4 aromatic rings. The molecule has 0 atom stereocenters. The third kappa shape index (κ3) is 3.21. The minimum atomic E-state index is -0.936. The van der Waals surface area contributed by atoms with Gasteiger partial charge in [0.15, 0.2) is 0 Å². The van der Waals surface area contributed by atoms with Crippen molar-refractivity contribution in [1.29, 1.82) is 0 Å². The molecule has 0 radical (unpaired) electrons. The number of aromatic amines is 2. The standard InChI is InChI=1S/C8H5N5O.C8H6N2O2/c9-13-12-8(14)6-4-11-7-1-2-10-3-5(6)7;11-8(12)6-4-10-7-1-2-9-3-5(6)7/h1-4,11H;1-4,10H,(H,11,12). The smallest absolute Gasteiger partial charge is 0.337 e. The fourth-order valence-electron chi connectivity index (χ4n) is 2.37. The topological polar surface area (TPSA) is 160 Å². The number of carboxylic acids is 1. The third-order valence-electron chi connectivity index (χ3n) is 3.56. The number of aromatic nitrogens is 4. The van der Waals surface area contributed by atoms with Gasteiger partial charge >= 0.3 is 5.97 Å². The molecule has 0 aliphatic carbocycles. The van der Waals surface area contributed by atoms with Crippen molar-refractivity contribution < 1.29 is 14.7 Å². The van der Waals surface area contributed by atoms with E-state index in [9.17, 15) is 9.59 Å². The van der Waals surface area contributed by atoms with Gasteiger partial charge in [-0.2, -0.15) is 0 Å². The van der Waals surface area contributed by atoms with Crippen molar-refractivity contribution in [1.82, 2.24) is 19.9 Å². The van der Waals surface area contributed by atoms with Crippen molar-refractivity contribution in [2.45, 2.75) is 0 Å². The summed E-state index contributed by atoms with van der Waals surface area (Å²) in [7, 11) is 0. The van der Waals surface area contributed by atoms with Crippen LogP contribution in [-0.2, 0) is 0 Å². The van der Waals surface area contributed by atoms with Gasteiger partial charge in [-0.1, -0.05) is 0 Å². The number of aromatic carboxylic acids is 1. The number of hydrogen-bond donors (Lipinski definition) is 3. The molecule has 4 aromatic heterocycles. The molecule has 128 valence electrons. The minimum absolute atomic E-state index is 0.262. The lowest BCUT2D eigenvalue weighted by molar-refractivity contribution is 0.0699. The summed E-state index contributed by atoms with van der Waals surface area (Å²) < 4.78 is 0. The van der Waals surface area contributed by atoms with E-state index in [1.807, 2.05) is 0 Å². The van der Waals surface area contributed by atoms with Crippen molar-refractivity contribution in [3.63, 3.8) is 0 Å². The first-order valence-corrected chi connectivity index (χ1v) is 7.26. The van der Waals surface area contributed by atoms with Crippen LogP contribution in [0.1, 0.15) is 20.7 Å². The molecule has 1 amide bonds. The van der Waals surface area contributed by atoms with Crippen LogP contribution in [0.5, 0.6) is 0 Å². The summed E-state index contributed by atoms with van der Waals surface area (Å²) in [6.45, 7) is 0. The molecule has 0 saturated carbocycles. The molecule has 0 aromatic carbocycles. The lowest BCUT2D eigenvalue weighted by atomic mass is 10.2. The van der Waals surface area contributed by atoms with Crippen molar-refractivity contribution in [3.8, 4) is 0 Å². The van der Waals surface area contributed by atoms with Crippen LogP contribution in [-0.4, -0.2) is 36.9 Å². The van der Waals surface area contributed by atoms with E-state index in [1.54, 1.807) is 30.7 Å². The van der Waals surface area contributed by atoms with Crippen LogP contribution in [0, 0.1) is 0 Å². The van der Waals surface area contributed by atoms with E-state index < -0.39 is 11.9 Å². The first kappa shape index (κ1) is 16.7. The zero-order valence-electron chi connectivity index (χ0n) is 13.1. The zero-order valence-corrected chi connectivity index (χ0v) is 13.1. The highest BCUT2D eigenvalue weighted by Gasteiger charge is 2.10. The molecular weight excluding hydrogens is 338 g/mol. The maximum Gasteiger partial charge on any atom is 0.337 e. The summed E-state index contributed by atoms with van der Waals surface area (Å²) >= 11 is 0. The molecule has 0 spiro atoms. The molecule has 0 saturated heterocycles. The van der Waals surface area contributed by atoms with Gasteiger partial charge in [-0.05, 0) is 22.8 Å². The molecule has 0 fully saturated rings. The Hall–Kier alpha value is -4.17. The highest BCUT2D eigenvalue weighted by molar-refractivity contribution is 6.06. The highest BCUT2D eigenvalue weighted by Crippen LogP contribution is 2.17. The zero-order chi connectivity index (χ0) is 18.5. The fraction of sp³-hybridized carbons (Fsp3) is 0. The lowest BCUT2D eigenvalue weighted by Crippen LogP contribution is -1.93. The van der Waals surface area contributed by atoms with Gasteiger partial charge in [0.1, 0.15) is 0 Å². The van der Waals surface area contributed by atoms with Gasteiger partial charge in [-0.15, -0.1) is 0 Å². The van der Waals surface area contributed by atoms with Crippen molar-refractivity contribution in [2.24, 2.45) is 5.11 Å². The Labute approximate surface area is 145 Å². The normalized spacial score (nSPS) is 10.0. The van der Waals surface area contributed by atoms with Crippen molar-refractivity contribution in [3.05, 3.63) is 70.9 Å². The van der Waals surface area contributed by atoms with E-state index >= 15 is 0 Å². The molecule has 3 N–H and O–H groups in total. The van der Waals surface area contributed by atoms with E-state index in [2.05, 4.69) is 30.0 Å². The maximum atomic E-state index is 11.3. The van der Waals surface area contributed by atoms with Gasteiger partial charge in [0.25, 0.3) is 5.91 Å². The number of carboxylic acid groups (broad SMARTS) is 1. The van der Waals surface area contributed by atoms with Crippen LogP contribution in [0.2, 0.25) is 0 Å². The van der Waals surface area contributed by atoms with Crippen LogP contribution >= 0.6 is 0 Å². The quantitative estimate of drug-likeness (QED) is 0.287. The molecular formula is C16H11N7O3. The largest absolute Gasteiger partial charge is 0.478 e. The van der Waals surface area contributed by atoms with Gasteiger partial charge in [-0.25, -0.2) is 4.79 Å². The Kier molecular flexibility index (Phi) is 4.59. The number of fused-ring (bicyclic) bond motifs is 2. The Morgan fingerprint density at radius 3 is 2.08 bits per heavy atom. The first-order valence-electron chi connectivity index (χ1n) is 7.26. The van der Waals surface area contributed by atoms with Crippen LogP contribution in [0.15, 0.2) is 54.4 Å². The second-order valence-electron chi connectivity index (χ2n) is 5.05. The van der Waals surface area contributed by atoms with Gasteiger partial charge < -0.3 is 15.1 Å². The summed E-state index contributed by atoms with van der Waals surface area (Å²) in [6, 6.07) is 3.48. The fourth-order valence-corrected chi connectivity index (χ4v) is 2.37. The van der Waals surface area contributed by atoms with Gasteiger partial charge in [-0.3, -0.25) is 14.8 Å². The van der Waals surface area contributed by atoms with Crippen LogP contribution in [0.4, 0.5) is 0 Å². The van der Waals surface area contributed by atoms with Crippen molar-refractivity contribution >= 4 is 33.7 Å². The van der Waals surface area contributed by atoms with Crippen molar-refractivity contribution in [2.75, 3.05) is 0 Å². The van der Waals surface area contributed by atoms with Crippen LogP contribution in [0.3, 0.4) is 0 Å². The van der Waals surface area contributed by atoms with E-state index in [1.165, 1.54) is 18.6 Å². The molecule has 0 bridgehead atoms. The molecule has 0 aliphatic rings. The molecule has 10 heteroatoms. The second kappa shape index (κ2) is 7.16. The number of H-pyrrole nitrogens is 2. The average Bonchev–Trinajstić information content (AvgIpc) is 3.27. The number of carbonyl (C=O) groups excluding carboxylic acids is 1. The second-order valence-corrected chi connectivity index (χ2v) is 5.05. The monoisotopic (exact) mass is 349 g/mol. The van der Waals surface area contributed by atoms with Gasteiger partial charge in [0.2, 0.25) is 0 Å². The summed E-state index contributed by atoms with van der Waals surface area (Å²) in [5.41, 5.74) is 10.3. The predicted molar refractivity (Wildman–Crippen MR) is 92.6 cm³/mol. The average molecular weight is 349 g/mol. The van der Waals surface area contributed by atoms with E-state index in [-0.39, 0.29) is 5.56 Å². The number of azide groups is 1. The summed E-state index contributed by atoms with van der Waals surface area (Å²) in [6.07, 6.45) is 9.28. The molecule has 0 aliphatic heterocycles. The Morgan fingerprint density at radius 2 is 1.54 bits per heavy atom. The minimum Gasteiger partial charge on any atom is -0.478 e. The maximum absolute atomic E-state index is 11.3. The molecule has 10 nitrogen and oxygen atoms in total. The third-order valence-corrected chi connectivity index (χ3v) is 3.56. The highest BCUT2D eigenvalue weighted by atomic mass is 16.4.